The highest BCUT2D eigenvalue weighted by molar-refractivity contribution is 6.21. The van der Waals surface area contributed by atoms with Gasteiger partial charge >= 0.3 is 11.4 Å². The number of halogens is 3. The van der Waals surface area contributed by atoms with Crippen LogP contribution in [0.25, 0.3) is 0 Å². The third kappa shape index (κ3) is 6.26. The van der Waals surface area contributed by atoms with E-state index in [2.05, 4.69) is 11.6 Å². The zero-order valence-corrected chi connectivity index (χ0v) is 9.94. The maximum atomic E-state index is 12.2. The maximum Gasteiger partial charge on any atom is 0.322 e. The molecular weight excluding hydrogens is 238 g/mol. The highest BCUT2D eigenvalue weighted by Gasteiger charge is 2.26. The van der Waals surface area contributed by atoms with Crippen molar-refractivity contribution in [2.45, 2.75) is 50.3 Å². The van der Waals surface area contributed by atoms with Gasteiger partial charge in [0.1, 0.15) is 0 Å². The van der Waals surface area contributed by atoms with Crippen molar-refractivity contribution >= 4 is 17.6 Å². The molecule has 0 saturated heterocycles. The highest BCUT2D eigenvalue weighted by Crippen LogP contribution is 2.26. The smallest absolute Gasteiger partial charge is 0.322 e. The van der Waals surface area contributed by atoms with Crippen molar-refractivity contribution in [2.75, 3.05) is 6.61 Å². The van der Waals surface area contributed by atoms with E-state index in [9.17, 15) is 13.6 Å². The largest absolute Gasteiger partial charge is 0.465 e. The van der Waals surface area contributed by atoms with E-state index in [1.165, 1.54) is 19.3 Å². The Kier molecular flexibility index (Phi) is 5.46. The first-order valence-electron chi connectivity index (χ1n) is 5.70. The summed E-state index contributed by atoms with van der Waals surface area (Å²) in [4.78, 5) is 11.1. The fourth-order valence-corrected chi connectivity index (χ4v) is 1.98. The van der Waals surface area contributed by atoms with Crippen LogP contribution in [0.3, 0.4) is 0 Å². The van der Waals surface area contributed by atoms with Gasteiger partial charge in [-0.2, -0.15) is 8.78 Å². The first-order valence-corrected chi connectivity index (χ1v) is 6.07. The van der Waals surface area contributed by atoms with Gasteiger partial charge in [-0.25, -0.2) is 0 Å². The number of carbonyl (C=O) groups excluding carboxylic acids is 1. The van der Waals surface area contributed by atoms with Crippen molar-refractivity contribution < 1.29 is 18.3 Å². The van der Waals surface area contributed by atoms with Gasteiger partial charge < -0.3 is 4.74 Å². The van der Waals surface area contributed by atoms with Gasteiger partial charge in [-0.15, -0.1) is 0 Å². The van der Waals surface area contributed by atoms with Crippen molar-refractivity contribution in [1.82, 2.24) is 0 Å². The molecule has 0 radical (unpaired) electrons. The molecule has 16 heavy (non-hydrogen) atoms. The average Bonchev–Trinajstić information content (AvgIpc) is 2.24. The molecule has 0 aliphatic heterocycles. The van der Waals surface area contributed by atoms with Crippen LogP contribution in [0, 0.1) is 5.92 Å². The molecule has 1 rings (SSSR count). The van der Waals surface area contributed by atoms with Gasteiger partial charge in [0, 0.05) is 6.42 Å². The number of carbonyl (C=O) groups is 1. The minimum Gasteiger partial charge on any atom is -0.465 e. The molecule has 0 aromatic carbocycles. The van der Waals surface area contributed by atoms with Crippen LogP contribution in [0.4, 0.5) is 8.78 Å². The van der Waals surface area contributed by atoms with E-state index in [4.69, 9.17) is 4.74 Å². The number of rotatable bonds is 5. The van der Waals surface area contributed by atoms with Gasteiger partial charge in [0.15, 0.2) is 0 Å². The minimum atomic E-state index is -3.30. The summed E-state index contributed by atoms with van der Waals surface area (Å²) in [5, 5.41) is -3.30. The Bertz CT molecular complexity index is 223. The molecule has 94 valence electrons. The highest BCUT2D eigenvalue weighted by atomic mass is 35.5. The molecule has 0 atom stereocenters. The summed E-state index contributed by atoms with van der Waals surface area (Å²) in [6.07, 6.45) is 4.74. The van der Waals surface area contributed by atoms with Gasteiger partial charge in [0.05, 0.1) is 13.0 Å². The second-order valence-electron chi connectivity index (χ2n) is 4.30. The lowest BCUT2D eigenvalue weighted by Gasteiger charge is -2.21. The number of hydrogen-bond donors (Lipinski definition) is 0. The summed E-state index contributed by atoms with van der Waals surface area (Å²) < 4.78 is 29.4. The van der Waals surface area contributed by atoms with Gasteiger partial charge in [-0.05, 0) is 30.4 Å². The molecule has 0 spiro atoms. The molecule has 0 heterocycles. The molecule has 0 aromatic heterocycles. The first-order chi connectivity index (χ1) is 7.47. The normalized spacial score (nSPS) is 18.4. The van der Waals surface area contributed by atoms with Crippen molar-refractivity contribution in [3.8, 4) is 0 Å². The molecule has 1 aliphatic carbocycles. The zero-order chi connectivity index (χ0) is 12.0. The van der Waals surface area contributed by atoms with Crippen LogP contribution in [0.15, 0.2) is 0 Å². The molecule has 1 aliphatic rings. The van der Waals surface area contributed by atoms with Crippen LogP contribution in [-0.4, -0.2) is 18.0 Å². The van der Waals surface area contributed by atoms with Crippen LogP contribution in [-0.2, 0) is 9.53 Å². The molecule has 2 nitrogen and oxygen atoms in total. The summed E-state index contributed by atoms with van der Waals surface area (Å²) in [6, 6.07) is 0. The molecule has 0 N–H and O–H groups in total. The Morgan fingerprint density at radius 2 is 1.94 bits per heavy atom. The fourth-order valence-electron chi connectivity index (χ4n) is 1.88. The van der Waals surface area contributed by atoms with E-state index < -0.39 is 17.8 Å². The molecule has 0 amide bonds. The SMILES string of the molecule is O=C(CCC(F)(F)Cl)OCC1CCCCC1. The molecule has 0 bridgehead atoms. The van der Waals surface area contributed by atoms with Crippen LogP contribution < -0.4 is 0 Å². The standard InChI is InChI=1S/C11H17ClF2O2/c12-11(13,14)7-6-10(15)16-8-9-4-2-1-3-5-9/h9H,1-8H2. The number of esters is 1. The van der Waals surface area contributed by atoms with Crippen LogP contribution in [0.2, 0.25) is 0 Å². The van der Waals surface area contributed by atoms with Crippen molar-refractivity contribution in [3.63, 3.8) is 0 Å². The summed E-state index contributed by atoms with van der Waals surface area (Å²) in [5.74, 6) is -0.167. The van der Waals surface area contributed by atoms with E-state index in [1.807, 2.05) is 0 Å². The fraction of sp³-hybridized carbons (Fsp3) is 0.909. The Morgan fingerprint density at radius 1 is 1.31 bits per heavy atom. The summed E-state index contributed by atoms with van der Waals surface area (Å²) >= 11 is 4.68. The van der Waals surface area contributed by atoms with Gasteiger partial charge in [-0.1, -0.05) is 19.3 Å². The van der Waals surface area contributed by atoms with Crippen molar-refractivity contribution in [2.24, 2.45) is 5.92 Å². The van der Waals surface area contributed by atoms with Crippen LogP contribution in [0.5, 0.6) is 0 Å². The number of ether oxygens (including phenoxy) is 1. The van der Waals surface area contributed by atoms with Crippen molar-refractivity contribution in [3.05, 3.63) is 0 Å². The third-order valence-corrected chi connectivity index (χ3v) is 3.01. The summed E-state index contributed by atoms with van der Waals surface area (Å²) in [7, 11) is 0. The minimum absolute atomic E-state index is 0.316. The molecule has 5 heteroatoms. The van der Waals surface area contributed by atoms with Crippen molar-refractivity contribution in [1.29, 1.82) is 0 Å². The average molecular weight is 255 g/mol. The number of hydrogen-bond acceptors (Lipinski definition) is 2. The Balaban J connectivity index is 2.09. The summed E-state index contributed by atoms with van der Waals surface area (Å²) in [5.41, 5.74) is 0. The van der Waals surface area contributed by atoms with Crippen LogP contribution >= 0.6 is 11.6 Å². The third-order valence-electron chi connectivity index (χ3n) is 2.82. The lowest BCUT2D eigenvalue weighted by Crippen LogP contribution is -2.18. The molecular formula is C11H17ClF2O2. The molecule has 0 unspecified atom stereocenters. The Labute approximate surface area is 99.3 Å². The van der Waals surface area contributed by atoms with E-state index in [-0.39, 0.29) is 6.42 Å². The topological polar surface area (TPSA) is 26.3 Å². The van der Waals surface area contributed by atoms with E-state index in [1.54, 1.807) is 0 Å². The van der Waals surface area contributed by atoms with Crippen LogP contribution in [0.1, 0.15) is 44.9 Å². The Hall–Kier alpha value is -0.380. The molecule has 1 saturated carbocycles. The molecule has 1 fully saturated rings. The predicted octanol–water partition coefficient (Wildman–Crippen LogP) is 3.72. The van der Waals surface area contributed by atoms with Gasteiger partial charge in [0.25, 0.3) is 0 Å². The second-order valence-corrected chi connectivity index (χ2v) is 4.86. The lowest BCUT2D eigenvalue weighted by atomic mass is 9.90. The van der Waals surface area contributed by atoms with E-state index >= 15 is 0 Å². The predicted molar refractivity (Wildman–Crippen MR) is 57.6 cm³/mol. The maximum absolute atomic E-state index is 12.2. The second kappa shape index (κ2) is 6.38. The monoisotopic (exact) mass is 254 g/mol. The molecule has 0 aromatic rings. The lowest BCUT2D eigenvalue weighted by molar-refractivity contribution is -0.146. The van der Waals surface area contributed by atoms with E-state index in [0.717, 1.165) is 12.8 Å². The van der Waals surface area contributed by atoms with Gasteiger partial charge in [0.2, 0.25) is 0 Å². The number of alkyl halides is 3. The quantitative estimate of drug-likeness (QED) is 0.552. The van der Waals surface area contributed by atoms with Gasteiger partial charge in [-0.3, -0.25) is 4.79 Å². The summed E-state index contributed by atoms with van der Waals surface area (Å²) in [6.45, 7) is 0.368. The zero-order valence-electron chi connectivity index (χ0n) is 9.18. The van der Waals surface area contributed by atoms with E-state index in [0.29, 0.717) is 12.5 Å². The Morgan fingerprint density at radius 3 is 2.50 bits per heavy atom. The first kappa shape index (κ1) is 13.7.